The van der Waals surface area contributed by atoms with Crippen LogP contribution in [0.25, 0.3) is 38.9 Å². The van der Waals surface area contributed by atoms with Gasteiger partial charge in [0.25, 0.3) is 0 Å². The van der Waals surface area contributed by atoms with Crippen LogP contribution in [0.3, 0.4) is 0 Å². The highest BCUT2D eigenvalue weighted by atomic mass is 35.5. The van der Waals surface area contributed by atoms with Gasteiger partial charge in [0.1, 0.15) is 12.3 Å². The minimum atomic E-state index is -0.434. The van der Waals surface area contributed by atoms with Gasteiger partial charge in [0.15, 0.2) is 0 Å². The van der Waals surface area contributed by atoms with E-state index in [9.17, 15) is 9.90 Å². The molecule has 10 heteroatoms. The number of amides is 1. The molecular formula is C28H24Cl2N6O2. The second-order valence-corrected chi connectivity index (χ2v) is 11.0. The van der Waals surface area contributed by atoms with Crippen LogP contribution < -0.4 is 0 Å². The van der Waals surface area contributed by atoms with Crippen LogP contribution in [0.4, 0.5) is 0 Å². The lowest BCUT2D eigenvalue weighted by atomic mass is 10.0. The Morgan fingerprint density at radius 1 is 1.18 bits per heavy atom. The number of halogens is 2. The second kappa shape index (κ2) is 8.53. The van der Waals surface area contributed by atoms with Crippen molar-refractivity contribution in [3.63, 3.8) is 0 Å². The van der Waals surface area contributed by atoms with Gasteiger partial charge in [-0.15, -0.1) is 0 Å². The average Bonchev–Trinajstić information content (AvgIpc) is 3.27. The number of hydrogen-bond acceptors (Lipinski definition) is 5. The highest BCUT2D eigenvalue weighted by molar-refractivity contribution is 6.39. The van der Waals surface area contributed by atoms with E-state index in [4.69, 9.17) is 38.3 Å². The number of benzene rings is 1. The van der Waals surface area contributed by atoms with E-state index < -0.39 is 6.61 Å². The first-order valence-electron chi connectivity index (χ1n) is 12.6. The van der Waals surface area contributed by atoms with E-state index in [1.807, 2.05) is 54.2 Å². The Bertz CT molecular complexity index is 1740. The van der Waals surface area contributed by atoms with Crippen molar-refractivity contribution < 1.29 is 9.90 Å². The molecule has 7 rings (SSSR count). The topological polar surface area (TPSA) is 88.5 Å². The summed E-state index contributed by atoms with van der Waals surface area (Å²) in [5.74, 6) is 0.159. The van der Waals surface area contributed by atoms with E-state index in [-0.39, 0.29) is 11.4 Å². The Hall–Kier alpha value is -3.46. The molecule has 192 valence electrons. The van der Waals surface area contributed by atoms with Crippen molar-refractivity contribution in [1.29, 1.82) is 0 Å². The van der Waals surface area contributed by atoms with Gasteiger partial charge in [0.05, 0.1) is 33.0 Å². The van der Waals surface area contributed by atoms with Crippen molar-refractivity contribution in [2.45, 2.75) is 25.3 Å². The predicted molar refractivity (Wildman–Crippen MR) is 146 cm³/mol. The normalized spacial score (nSPS) is 20.7. The minimum Gasteiger partial charge on any atom is -0.387 e. The van der Waals surface area contributed by atoms with Gasteiger partial charge in [0, 0.05) is 65.4 Å². The number of aliphatic hydroxyl groups is 1. The summed E-state index contributed by atoms with van der Waals surface area (Å²) in [6.07, 6.45) is 9.62. The minimum absolute atomic E-state index is 0.0502. The van der Waals surface area contributed by atoms with Crippen molar-refractivity contribution >= 4 is 45.7 Å². The molecule has 8 nitrogen and oxygen atoms in total. The number of aromatic nitrogens is 5. The lowest BCUT2D eigenvalue weighted by Gasteiger charge is -2.31. The fourth-order valence-electron chi connectivity index (χ4n) is 5.97. The van der Waals surface area contributed by atoms with Crippen LogP contribution in [0, 0.1) is 12.8 Å². The number of likely N-dealkylation sites (tertiary alicyclic amines) is 1. The molecule has 1 saturated heterocycles. The third-order valence-corrected chi connectivity index (χ3v) is 8.84. The number of fused-ring (bicyclic) bond motifs is 4. The Kier molecular flexibility index (Phi) is 5.30. The summed E-state index contributed by atoms with van der Waals surface area (Å²) in [6, 6.07) is 9.55. The Balaban J connectivity index is 1.26. The summed E-state index contributed by atoms with van der Waals surface area (Å²) in [6.45, 7) is 2.88. The van der Waals surface area contributed by atoms with Gasteiger partial charge < -0.3 is 14.4 Å². The van der Waals surface area contributed by atoms with E-state index in [0.29, 0.717) is 29.1 Å². The van der Waals surface area contributed by atoms with Crippen LogP contribution in [-0.4, -0.2) is 59.8 Å². The quantitative estimate of drug-likeness (QED) is 0.344. The summed E-state index contributed by atoms with van der Waals surface area (Å²) in [7, 11) is 0. The van der Waals surface area contributed by atoms with Crippen molar-refractivity contribution in [1.82, 2.24) is 29.0 Å². The summed E-state index contributed by atoms with van der Waals surface area (Å²) in [4.78, 5) is 23.4. The highest BCUT2D eigenvalue weighted by Crippen LogP contribution is 2.55. The molecule has 1 saturated carbocycles. The van der Waals surface area contributed by atoms with Gasteiger partial charge >= 0.3 is 0 Å². The molecule has 2 atom stereocenters. The lowest BCUT2D eigenvalue weighted by Crippen LogP contribution is -2.43. The van der Waals surface area contributed by atoms with Gasteiger partial charge in [0.2, 0.25) is 5.91 Å². The number of hydrogen-bond donors (Lipinski definition) is 1. The molecule has 5 heterocycles. The molecule has 1 aliphatic carbocycles. The van der Waals surface area contributed by atoms with Gasteiger partial charge in [-0.3, -0.25) is 14.5 Å². The zero-order chi connectivity index (χ0) is 26.2. The molecule has 0 spiro atoms. The number of imidazole rings is 1. The molecule has 2 fully saturated rings. The first-order valence-corrected chi connectivity index (χ1v) is 13.3. The second-order valence-electron chi connectivity index (χ2n) is 10.2. The van der Waals surface area contributed by atoms with Crippen LogP contribution in [0.2, 0.25) is 10.0 Å². The number of carbonyl (C=O) groups excluding carboxylic acids is 1. The SMILES string of the molecule is Cc1c(-c2c(Cl)cccc2Cl)nc2c3cc(-c4cnn(C56CCN(C(=O)CO)CC5C6)c4)cnc3ccn12. The van der Waals surface area contributed by atoms with Crippen molar-refractivity contribution in [3.05, 3.63) is 70.9 Å². The number of nitrogens with zero attached hydrogens (tertiary/aromatic N) is 6. The fraction of sp³-hybridized carbons (Fsp3) is 0.286. The monoisotopic (exact) mass is 546 g/mol. The molecule has 1 N–H and O–H groups in total. The Morgan fingerprint density at radius 2 is 2.00 bits per heavy atom. The largest absolute Gasteiger partial charge is 0.387 e. The van der Waals surface area contributed by atoms with Crippen molar-refractivity contribution in [3.8, 4) is 22.4 Å². The van der Waals surface area contributed by atoms with Gasteiger partial charge in [-0.05, 0) is 44.0 Å². The smallest absolute Gasteiger partial charge is 0.248 e. The molecule has 1 aliphatic heterocycles. The maximum Gasteiger partial charge on any atom is 0.248 e. The Morgan fingerprint density at radius 3 is 2.76 bits per heavy atom. The zero-order valence-corrected chi connectivity index (χ0v) is 22.1. The van der Waals surface area contributed by atoms with Gasteiger partial charge in [-0.2, -0.15) is 5.10 Å². The lowest BCUT2D eigenvalue weighted by molar-refractivity contribution is -0.135. The average molecular weight is 547 g/mol. The molecule has 4 aromatic heterocycles. The summed E-state index contributed by atoms with van der Waals surface area (Å²) in [5, 5.41) is 16.0. The number of rotatable bonds is 4. The first kappa shape index (κ1) is 23.6. The van der Waals surface area contributed by atoms with Crippen molar-refractivity contribution in [2.75, 3.05) is 19.7 Å². The molecule has 2 aliphatic rings. The van der Waals surface area contributed by atoms with E-state index in [1.54, 1.807) is 4.90 Å². The molecule has 2 unspecified atom stereocenters. The number of aryl methyl sites for hydroxylation is 1. The predicted octanol–water partition coefficient (Wildman–Crippen LogP) is 4.97. The maximum atomic E-state index is 11.9. The first-order chi connectivity index (χ1) is 18.4. The van der Waals surface area contributed by atoms with Crippen LogP contribution in [0.5, 0.6) is 0 Å². The van der Waals surface area contributed by atoms with Crippen LogP contribution in [0.1, 0.15) is 18.5 Å². The molecule has 1 aromatic carbocycles. The summed E-state index contributed by atoms with van der Waals surface area (Å²) < 4.78 is 4.11. The van der Waals surface area contributed by atoms with Gasteiger partial charge in [-0.1, -0.05) is 29.3 Å². The Labute approximate surface area is 228 Å². The zero-order valence-electron chi connectivity index (χ0n) is 20.6. The molecule has 5 aromatic rings. The maximum absolute atomic E-state index is 11.9. The van der Waals surface area contributed by atoms with E-state index in [0.717, 1.165) is 57.5 Å². The van der Waals surface area contributed by atoms with Crippen LogP contribution >= 0.6 is 23.2 Å². The molecule has 38 heavy (non-hydrogen) atoms. The van der Waals surface area contributed by atoms with E-state index in [1.165, 1.54) is 0 Å². The van der Waals surface area contributed by atoms with Crippen molar-refractivity contribution in [2.24, 2.45) is 5.92 Å². The molecule has 0 radical (unpaired) electrons. The summed E-state index contributed by atoms with van der Waals surface area (Å²) >= 11 is 13.0. The van der Waals surface area contributed by atoms with Crippen LogP contribution in [-0.2, 0) is 10.3 Å². The number of pyridine rings is 2. The van der Waals surface area contributed by atoms with Crippen LogP contribution in [0.15, 0.2) is 55.1 Å². The third-order valence-electron chi connectivity index (χ3n) is 8.21. The van der Waals surface area contributed by atoms with E-state index in [2.05, 4.69) is 16.9 Å². The number of piperidine rings is 1. The fourth-order valence-corrected chi connectivity index (χ4v) is 6.54. The number of aliphatic hydroxyl groups excluding tert-OH is 1. The molecule has 1 amide bonds. The van der Waals surface area contributed by atoms with E-state index >= 15 is 0 Å². The summed E-state index contributed by atoms with van der Waals surface area (Å²) in [5.41, 5.74) is 5.93. The molecular weight excluding hydrogens is 523 g/mol. The highest BCUT2D eigenvalue weighted by Gasteiger charge is 2.59. The third kappa shape index (κ3) is 3.47. The molecule has 0 bridgehead atoms. The number of carbonyl (C=O) groups is 1. The standard InChI is InChI=1S/C28H24Cl2N6O2/c1-16-26(25-21(29)3-2-4-22(25)30)33-27-20-9-17(11-31-23(20)5-7-35(16)27)18-12-32-36(13-18)28-6-8-34(24(38)15-37)14-19(28)10-28/h2-5,7,9,11-13,19,37H,6,8,10,14-15H2,1H3. The van der Waals surface area contributed by atoms with Gasteiger partial charge in [-0.25, -0.2) is 4.98 Å².